The van der Waals surface area contributed by atoms with Crippen LogP contribution in [0.5, 0.6) is 5.75 Å². The summed E-state index contributed by atoms with van der Waals surface area (Å²) in [7, 11) is -5.84. The van der Waals surface area contributed by atoms with Crippen LogP contribution in [0, 0.1) is 0 Å². The Morgan fingerprint density at radius 3 is 2.29 bits per heavy atom. The average Bonchev–Trinajstić information content (AvgIpc) is 3.22. The summed E-state index contributed by atoms with van der Waals surface area (Å²) in [6, 6.07) is 17.9. The lowest BCUT2D eigenvalue weighted by atomic mass is 9.93. The molecule has 12 heteroatoms. The average molecular weight is 550 g/mol. The van der Waals surface area contributed by atoms with Crippen LogP contribution < -0.4 is 9.50 Å². The molecule has 1 atom stereocenters. The summed E-state index contributed by atoms with van der Waals surface area (Å²) in [5.41, 5.74) is -2.02. The number of aliphatic carboxylic acids is 1. The lowest BCUT2D eigenvalue weighted by Gasteiger charge is -2.26. The van der Waals surface area contributed by atoms with Gasteiger partial charge in [0.05, 0.1) is 0 Å². The molecule has 0 fully saturated rings. The van der Waals surface area contributed by atoms with Gasteiger partial charge in [-0.05, 0) is 58.9 Å². The zero-order valence-electron chi connectivity index (χ0n) is 19.9. The minimum atomic E-state index is -5.84. The number of ether oxygens (including phenoxy) is 1. The SMILES string of the molecule is C[C@@](Cc1ccc(OS(=O)(=O)C(F)(F)F)cc1)(NC(=O)OCc1cccc2c1Cc1ccccc1-2)C(=O)O. The molecule has 2 N–H and O–H groups in total. The van der Waals surface area contributed by atoms with Crippen LogP contribution in [0.3, 0.4) is 0 Å². The van der Waals surface area contributed by atoms with Gasteiger partial charge in [-0.25, -0.2) is 9.59 Å². The van der Waals surface area contributed by atoms with E-state index in [0.29, 0.717) is 6.42 Å². The van der Waals surface area contributed by atoms with Crippen molar-refractivity contribution in [2.24, 2.45) is 0 Å². The quantitative estimate of drug-likeness (QED) is 0.239. The molecule has 3 aromatic rings. The first kappa shape index (κ1) is 27.0. The smallest absolute Gasteiger partial charge is 0.480 e. The number of fused-ring (bicyclic) bond motifs is 3. The second-order valence-electron chi connectivity index (χ2n) is 8.92. The number of carbonyl (C=O) groups excluding carboxylic acids is 1. The van der Waals surface area contributed by atoms with Gasteiger partial charge in [0.2, 0.25) is 0 Å². The van der Waals surface area contributed by atoms with Crippen molar-refractivity contribution in [2.75, 3.05) is 0 Å². The maximum atomic E-state index is 12.6. The molecule has 1 amide bonds. The van der Waals surface area contributed by atoms with Crippen molar-refractivity contribution < 1.29 is 45.2 Å². The molecular weight excluding hydrogens is 527 g/mol. The van der Waals surface area contributed by atoms with E-state index in [2.05, 4.69) is 9.50 Å². The highest BCUT2D eigenvalue weighted by Crippen LogP contribution is 2.38. The zero-order valence-corrected chi connectivity index (χ0v) is 20.7. The number of alkyl carbamates (subject to hydrolysis) is 1. The first-order valence-electron chi connectivity index (χ1n) is 11.3. The second kappa shape index (κ2) is 10.0. The summed E-state index contributed by atoms with van der Waals surface area (Å²) in [6.45, 7) is 1.16. The Morgan fingerprint density at radius 1 is 0.974 bits per heavy atom. The largest absolute Gasteiger partial charge is 0.534 e. The topological polar surface area (TPSA) is 119 Å². The van der Waals surface area contributed by atoms with Crippen molar-refractivity contribution in [3.05, 3.63) is 89.0 Å². The van der Waals surface area contributed by atoms with Gasteiger partial charge < -0.3 is 19.3 Å². The van der Waals surface area contributed by atoms with Gasteiger partial charge in [0, 0.05) is 6.42 Å². The summed E-state index contributed by atoms with van der Waals surface area (Å²) in [4.78, 5) is 24.5. The van der Waals surface area contributed by atoms with E-state index in [-0.39, 0.29) is 18.6 Å². The van der Waals surface area contributed by atoms with Gasteiger partial charge in [-0.3, -0.25) is 0 Å². The van der Waals surface area contributed by atoms with E-state index in [1.807, 2.05) is 42.5 Å². The fourth-order valence-electron chi connectivity index (χ4n) is 4.18. The zero-order chi connectivity index (χ0) is 27.7. The maximum Gasteiger partial charge on any atom is 0.534 e. The number of amides is 1. The predicted octanol–water partition coefficient (Wildman–Crippen LogP) is 4.80. The number of halogens is 3. The van der Waals surface area contributed by atoms with Crippen LogP contribution in [-0.4, -0.2) is 36.6 Å². The minimum Gasteiger partial charge on any atom is -0.480 e. The van der Waals surface area contributed by atoms with Crippen LogP contribution in [0.25, 0.3) is 11.1 Å². The van der Waals surface area contributed by atoms with E-state index in [9.17, 15) is 36.3 Å². The van der Waals surface area contributed by atoms with Crippen LogP contribution in [0.4, 0.5) is 18.0 Å². The molecule has 0 heterocycles. The van der Waals surface area contributed by atoms with E-state index in [4.69, 9.17) is 4.74 Å². The summed E-state index contributed by atoms with van der Waals surface area (Å²) >= 11 is 0. The third-order valence-electron chi connectivity index (χ3n) is 6.13. The molecule has 0 spiro atoms. The Hall–Kier alpha value is -4.06. The lowest BCUT2D eigenvalue weighted by molar-refractivity contribution is -0.143. The summed E-state index contributed by atoms with van der Waals surface area (Å²) < 4.78 is 69.2. The highest BCUT2D eigenvalue weighted by molar-refractivity contribution is 7.88. The van der Waals surface area contributed by atoms with Crippen molar-refractivity contribution in [1.29, 1.82) is 0 Å². The molecule has 200 valence electrons. The molecule has 0 unspecified atom stereocenters. The summed E-state index contributed by atoms with van der Waals surface area (Å²) in [5.74, 6) is -1.99. The number of alkyl halides is 3. The monoisotopic (exact) mass is 549 g/mol. The van der Waals surface area contributed by atoms with Crippen molar-refractivity contribution in [3.8, 4) is 16.9 Å². The molecule has 0 aliphatic heterocycles. The lowest BCUT2D eigenvalue weighted by Crippen LogP contribution is -2.53. The van der Waals surface area contributed by atoms with Gasteiger partial charge in [-0.1, -0.05) is 54.6 Å². The van der Waals surface area contributed by atoms with Crippen molar-refractivity contribution in [3.63, 3.8) is 0 Å². The van der Waals surface area contributed by atoms with E-state index in [0.717, 1.165) is 39.9 Å². The van der Waals surface area contributed by atoms with Crippen LogP contribution in [0.2, 0.25) is 0 Å². The molecule has 8 nitrogen and oxygen atoms in total. The number of benzene rings is 3. The standard InChI is InChI=1S/C26H22F3NO7S/c1-25(23(31)32,14-16-9-11-19(12-10-16)37-38(34,35)26(27,28)29)30-24(33)36-15-18-6-4-8-21-20-7-3-2-5-17(20)13-22(18)21/h2-12H,13-15H2,1H3,(H,30,33)(H,31,32)/t25-/m0/s1. The number of rotatable bonds is 8. The van der Waals surface area contributed by atoms with Crippen LogP contribution in [0.15, 0.2) is 66.7 Å². The van der Waals surface area contributed by atoms with Crippen LogP contribution >= 0.6 is 0 Å². The van der Waals surface area contributed by atoms with Crippen molar-refractivity contribution in [1.82, 2.24) is 5.32 Å². The molecule has 0 saturated heterocycles. The molecule has 0 radical (unpaired) electrons. The third kappa shape index (κ3) is 5.59. The molecule has 1 aliphatic rings. The Balaban J connectivity index is 1.40. The summed E-state index contributed by atoms with van der Waals surface area (Å²) in [5, 5.41) is 12.1. The second-order valence-corrected chi connectivity index (χ2v) is 10.5. The molecule has 1 aliphatic carbocycles. The first-order chi connectivity index (χ1) is 17.8. The van der Waals surface area contributed by atoms with Crippen molar-refractivity contribution >= 4 is 22.2 Å². The summed E-state index contributed by atoms with van der Waals surface area (Å²) in [6.07, 6.45) is -0.567. The fraction of sp³-hybridized carbons (Fsp3) is 0.231. The number of hydrogen-bond donors (Lipinski definition) is 2. The number of carbonyl (C=O) groups is 2. The van der Waals surface area contributed by atoms with Crippen LogP contribution in [-0.2, 0) is 39.1 Å². The molecular formula is C26H22F3NO7S. The first-order valence-corrected chi connectivity index (χ1v) is 12.7. The Morgan fingerprint density at radius 2 is 1.63 bits per heavy atom. The number of nitrogens with one attached hydrogen (secondary N) is 1. The van der Waals surface area contributed by atoms with Crippen LogP contribution in [0.1, 0.15) is 29.2 Å². The molecule has 3 aromatic carbocycles. The normalized spacial score (nSPS) is 14.1. The van der Waals surface area contributed by atoms with Gasteiger partial charge in [0.1, 0.15) is 17.9 Å². The number of carboxylic acids is 1. The third-order valence-corrected chi connectivity index (χ3v) is 7.11. The highest BCUT2D eigenvalue weighted by atomic mass is 32.2. The molecule has 4 rings (SSSR count). The van der Waals surface area contributed by atoms with Gasteiger partial charge in [0.25, 0.3) is 0 Å². The van der Waals surface area contributed by atoms with Gasteiger partial charge in [-0.2, -0.15) is 21.6 Å². The van der Waals surface area contributed by atoms with E-state index in [1.165, 1.54) is 19.1 Å². The van der Waals surface area contributed by atoms with E-state index < -0.39 is 39.0 Å². The van der Waals surface area contributed by atoms with Gasteiger partial charge in [-0.15, -0.1) is 0 Å². The maximum absolute atomic E-state index is 12.6. The van der Waals surface area contributed by atoms with Gasteiger partial charge >= 0.3 is 27.7 Å². The molecule has 0 aromatic heterocycles. The molecule has 0 bridgehead atoms. The van der Waals surface area contributed by atoms with Crippen molar-refractivity contribution in [2.45, 2.75) is 37.4 Å². The minimum absolute atomic E-state index is 0.0849. The van der Waals surface area contributed by atoms with E-state index in [1.54, 1.807) is 0 Å². The van der Waals surface area contributed by atoms with Gasteiger partial charge in [0.15, 0.2) is 0 Å². The fourth-order valence-corrected chi connectivity index (χ4v) is 4.64. The Kier molecular flexibility index (Phi) is 7.11. The number of carboxylic acid groups (broad SMARTS) is 1. The molecule has 38 heavy (non-hydrogen) atoms. The predicted molar refractivity (Wildman–Crippen MR) is 130 cm³/mol. The Labute approximate surface area is 216 Å². The Bertz CT molecular complexity index is 1490. The highest BCUT2D eigenvalue weighted by Gasteiger charge is 2.48. The number of hydrogen-bond acceptors (Lipinski definition) is 6. The molecule has 0 saturated carbocycles. The van der Waals surface area contributed by atoms with E-state index >= 15 is 0 Å².